The lowest BCUT2D eigenvalue weighted by molar-refractivity contribution is 1.18. The highest BCUT2D eigenvalue weighted by molar-refractivity contribution is 6.19. The summed E-state index contributed by atoms with van der Waals surface area (Å²) in [5, 5.41) is 28.2. The molecule has 0 aliphatic heterocycles. The average Bonchev–Trinajstić information content (AvgIpc) is 2.89. The van der Waals surface area contributed by atoms with Gasteiger partial charge in [-0.05, 0) is 0 Å². The summed E-state index contributed by atoms with van der Waals surface area (Å²) in [6.07, 6.45) is 0. The molecule has 14 heteroatoms. The Balaban J connectivity index is 2.12. The van der Waals surface area contributed by atoms with Crippen molar-refractivity contribution < 1.29 is 0 Å². The molecule has 14 nitrogen and oxygen atoms in total. The first-order valence-corrected chi connectivity index (χ1v) is 8.84. The first kappa shape index (κ1) is 19.5. The molecule has 0 radical (unpaired) electrons. The Morgan fingerprint density at radius 1 is 0.441 bits per heavy atom. The zero-order valence-electron chi connectivity index (χ0n) is 16.3. The molecule has 0 amide bonds. The summed E-state index contributed by atoms with van der Waals surface area (Å²) in [5.74, 6) is -0.840. The number of fused-ring (bicyclic) bond motifs is 7. The Labute approximate surface area is 187 Å². The van der Waals surface area contributed by atoms with E-state index in [1.54, 1.807) is 18.2 Å². The van der Waals surface area contributed by atoms with Gasteiger partial charge in [0.1, 0.15) is 45.8 Å². The fourth-order valence-corrected chi connectivity index (χ4v) is 3.18. The second-order valence-corrected chi connectivity index (χ2v) is 6.32. The van der Waals surface area contributed by atoms with Gasteiger partial charge in [-0.25, -0.2) is 15.0 Å². The van der Waals surface area contributed by atoms with Gasteiger partial charge in [0.05, 0.1) is 0 Å². The van der Waals surface area contributed by atoms with Crippen molar-refractivity contribution in [3.8, 4) is 18.2 Å². The van der Waals surface area contributed by atoms with Crippen LogP contribution in [0, 0.1) is 53.7 Å². The minimum absolute atomic E-state index is 0.00312. The Bertz CT molecular complexity index is 1890. The molecular formula is C20N14. The molecule has 0 N–H and O–H groups in total. The van der Waals surface area contributed by atoms with Gasteiger partial charge in [-0.2, -0.15) is 25.8 Å². The van der Waals surface area contributed by atoms with Crippen molar-refractivity contribution >= 4 is 61.8 Å². The van der Waals surface area contributed by atoms with Gasteiger partial charge in [0.15, 0.2) is 17.1 Å². The number of aromatic nitrogens is 8. The molecule has 0 unspecified atom stereocenters. The number of nitrogens with zero attached hydrogens (tertiary/aromatic N) is 14. The molecule has 4 aromatic heterocycles. The molecule has 0 aliphatic carbocycles. The van der Waals surface area contributed by atoms with Crippen LogP contribution in [-0.2, 0) is 0 Å². The number of nitriles is 3. The summed E-state index contributed by atoms with van der Waals surface area (Å²) in [7, 11) is 0. The van der Waals surface area contributed by atoms with Crippen molar-refractivity contribution in [1.82, 2.24) is 39.9 Å². The Morgan fingerprint density at radius 2 is 0.794 bits per heavy atom. The quantitative estimate of drug-likeness (QED) is 0.197. The van der Waals surface area contributed by atoms with Crippen molar-refractivity contribution in [3.05, 3.63) is 51.3 Å². The number of rotatable bonds is 0. The predicted octanol–water partition coefficient (Wildman–Crippen LogP) is 2.73. The van der Waals surface area contributed by atoms with Crippen LogP contribution in [0.2, 0.25) is 0 Å². The van der Waals surface area contributed by atoms with Gasteiger partial charge in [-0.1, -0.05) is 19.7 Å². The zero-order valence-corrected chi connectivity index (χ0v) is 16.3. The molecule has 5 rings (SSSR count). The van der Waals surface area contributed by atoms with Gasteiger partial charge in [-0.15, -0.1) is 15.0 Å². The highest BCUT2D eigenvalue weighted by Gasteiger charge is 2.26. The van der Waals surface area contributed by atoms with E-state index in [0.717, 1.165) is 0 Å². The molecule has 0 atom stereocenters. The van der Waals surface area contributed by atoms with E-state index in [-0.39, 0.29) is 78.9 Å². The van der Waals surface area contributed by atoms with Gasteiger partial charge in [0, 0.05) is 0 Å². The maximum absolute atomic E-state index is 9.41. The van der Waals surface area contributed by atoms with Crippen LogP contribution >= 0.6 is 0 Å². The van der Waals surface area contributed by atoms with Gasteiger partial charge in [0.25, 0.3) is 11.6 Å². The smallest absolute Gasteiger partial charge is 0.316 e. The molecule has 4 heterocycles. The zero-order chi connectivity index (χ0) is 24.0. The van der Waals surface area contributed by atoms with E-state index in [2.05, 4.69) is 54.4 Å². The predicted molar refractivity (Wildman–Crippen MR) is 112 cm³/mol. The maximum atomic E-state index is 9.41. The highest BCUT2D eigenvalue weighted by atomic mass is 15.1. The van der Waals surface area contributed by atoms with E-state index < -0.39 is 0 Å². The second-order valence-electron chi connectivity index (χ2n) is 6.32. The van der Waals surface area contributed by atoms with Crippen molar-refractivity contribution in [2.75, 3.05) is 0 Å². The number of benzene rings is 1. The Kier molecular flexibility index (Phi) is 4.04. The van der Waals surface area contributed by atoms with Crippen LogP contribution in [-0.4, -0.2) is 39.9 Å². The SMILES string of the molecule is [C-]#[N+]c1nc2c(nc1C#N)c1nc(C#N)c(C#N)nc1c1nc3nc([N+]#[C-])c([N+]#[C-])nc3nc21. The van der Waals surface area contributed by atoms with Crippen molar-refractivity contribution in [2.45, 2.75) is 0 Å². The fourth-order valence-electron chi connectivity index (χ4n) is 3.18. The molecule has 34 heavy (non-hydrogen) atoms. The monoisotopic (exact) mass is 436 g/mol. The Hall–Kier alpha value is -6.48. The molecule has 0 aliphatic rings. The summed E-state index contributed by atoms with van der Waals surface area (Å²) >= 11 is 0. The Morgan fingerprint density at radius 3 is 1.18 bits per heavy atom. The minimum atomic E-state index is -0.295. The van der Waals surface area contributed by atoms with Crippen molar-refractivity contribution in [3.63, 3.8) is 0 Å². The summed E-state index contributed by atoms with van der Waals surface area (Å²) in [6, 6.07) is 5.36. The van der Waals surface area contributed by atoms with Crippen molar-refractivity contribution in [2.24, 2.45) is 0 Å². The number of hydrogen-bond acceptors (Lipinski definition) is 11. The van der Waals surface area contributed by atoms with Crippen LogP contribution in [0.4, 0.5) is 17.5 Å². The van der Waals surface area contributed by atoms with Crippen LogP contribution in [0.1, 0.15) is 17.1 Å². The molecule has 1 aromatic carbocycles. The normalized spacial score (nSPS) is 10.2. The molecule has 0 saturated heterocycles. The molecule has 0 saturated carbocycles. The van der Waals surface area contributed by atoms with E-state index in [1.807, 2.05) is 0 Å². The third-order valence-electron chi connectivity index (χ3n) is 4.56. The lowest BCUT2D eigenvalue weighted by Crippen LogP contribution is -2.03. The summed E-state index contributed by atoms with van der Waals surface area (Å²) in [4.78, 5) is 43.2. The van der Waals surface area contributed by atoms with Crippen LogP contribution in [0.15, 0.2) is 0 Å². The first-order valence-electron chi connectivity index (χ1n) is 8.84. The molecule has 0 spiro atoms. The van der Waals surface area contributed by atoms with Crippen LogP contribution < -0.4 is 0 Å². The van der Waals surface area contributed by atoms with Crippen LogP contribution in [0.3, 0.4) is 0 Å². The second kappa shape index (κ2) is 7.04. The third-order valence-corrected chi connectivity index (χ3v) is 4.56. The minimum Gasteiger partial charge on any atom is -0.370 e. The van der Waals surface area contributed by atoms with E-state index in [1.165, 1.54) is 0 Å². The topological polar surface area (TPSA) is 188 Å². The lowest BCUT2D eigenvalue weighted by atomic mass is 10.1. The molecule has 150 valence electrons. The van der Waals surface area contributed by atoms with E-state index in [0.29, 0.717) is 0 Å². The highest BCUT2D eigenvalue weighted by Crippen LogP contribution is 2.33. The summed E-state index contributed by atoms with van der Waals surface area (Å²) in [5.41, 5.74) is -0.874. The standard InChI is InChI=1S/C20N14/c1-24-16-9(6-23)29-12-10-11(28-8(5-22)7(4-21)27-10)14-15(13(12)30-16)32-20-19(31-14)33-17(25-2)18(26-3)34-20. The molecule has 5 aromatic rings. The van der Waals surface area contributed by atoms with Crippen LogP contribution in [0.25, 0.3) is 58.9 Å². The van der Waals surface area contributed by atoms with Gasteiger partial charge >= 0.3 is 17.1 Å². The largest absolute Gasteiger partial charge is 0.370 e. The fraction of sp³-hybridized carbons (Fsp3) is 0. The third kappa shape index (κ3) is 2.55. The lowest BCUT2D eigenvalue weighted by Gasteiger charge is -2.06. The molecule has 0 fully saturated rings. The first-order chi connectivity index (χ1) is 16.6. The van der Waals surface area contributed by atoms with E-state index >= 15 is 0 Å². The molecule has 0 bridgehead atoms. The summed E-state index contributed by atoms with van der Waals surface area (Å²) in [6.45, 7) is 21.8. The van der Waals surface area contributed by atoms with E-state index in [4.69, 9.17) is 19.7 Å². The van der Waals surface area contributed by atoms with E-state index in [9.17, 15) is 15.8 Å². The average molecular weight is 436 g/mol. The maximum Gasteiger partial charge on any atom is 0.316 e. The van der Waals surface area contributed by atoms with Crippen LogP contribution in [0.5, 0.6) is 0 Å². The van der Waals surface area contributed by atoms with Gasteiger partial charge < -0.3 is 14.5 Å². The van der Waals surface area contributed by atoms with Gasteiger partial charge in [-0.3, -0.25) is 0 Å². The van der Waals surface area contributed by atoms with Gasteiger partial charge in [0.2, 0.25) is 5.52 Å². The summed E-state index contributed by atoms with van der Waals surface area (Å²) < 4.78 is 0. The number of hydrogen-bond donors (Lipinski definition) is 0. The molecular weight excluding hydrogens is 436 g/mol. The van der Waals surface area contributed by atoms with Crippen molar-refractivity contribution in [1.29, 1.82) is 15.8 Å².